The fourth-order valence-electron chi connectivity index (χ4n) is 7.44. The summed E-state index contributed by atoms with van der Waals surface area (Å²) in [5, 5.41) is 20.5. The Morgan fingerprint density at radius 2 is 1.10 bits per heavy atom. The highest BCUT2D eigenvalue weighted by Gasteiger charge is 2.36. The van der Waals surface area contributed by atoms with Gasteiger partial charge in [-0.1, -0.05) is 77.9 Å². The summed E-state index contributed by atoms with van der Waals surface area (Å²) in [5.74, 6) is -1.72. The quantitative estimate of drug-likeness (QED) is 0.0548. The van der Waals surface area contributed by atoms with Crippen LogP contribution in [0.5, 0.6) is 11.5 Å². The third kappa shape index (κ3) is 13.6. The van der Waals surface area contributed by atoms with E-state index < -0.39 is 65.4 Å². The lowest BCUT2D eigenvalue weighted by atomic mass is 9.89. The van der Waals surface area contributed by atoms with E-state index in [0.717, 1.165) is 25.3 Å². The van der Waals surface area contributed by atoms with E-state index in [1.807, 2.05) is 49.3 Å². The molecule has 0 saturated carbocycles. The van der Waals surface area contributed by atoms with Crippen molar-refractivity contribution in [1.29, 1.82) is 0 Å². The highest BCUT2D eigenvalue weighted by Crippen LogP contribution is 2.36. The standard InChI is InChI=1S/C26H37N3O6S2.C18H22N4O6S2/c1-16(2)20-13-21(17(3)4)26(22(14-20)18(5)6)36(32,33)27-11-7-8-19-9-10-23(24(30)12-19)29-15-25(31)28-37(29,34)35;19-15-5-1-3-14(9-15)12-29(25,26)20-8-2-4-13-6-7-16(17(23)10-13)22-11-18(24)21-30(22,27)28/h9-10,12-14,16-18,27,30H,7-8,11,15H2,1-6H3,(H,28,31);1,3,5-7,9-10,20,23H,2,4,8,11-12,19H2,(H,21,24). The number of amides is 2. The molecule has 23 heteroatoms. The van der Waals surface area contributed by atoms with Crippen LogP contribution in [-0.2, 0) is 68.6 Å². The number of phenolic OH excluding ortho intramolecular Hbond substituents is 2. The second kappa shape index (κ2) is 21.2. The molecule has 0 spiro atoms. The number of benzene rings is 4. The van der Waals surface area contributed by atoms with Gasteiger partial charge in [-0.3, -0.25) is 9.59 Å². The summed E-state index contributed by atoms with van der Waals surface area (Å²) in [6.07, 6.45) is 1.86. The minimum absolute atomic E-state index is 0.0000584. The molecule has 0 radical (unpaired) electrons. The number of carbonyl (C=O) groups excluding carboxylic acids is 2. The molecule has 2 aliphatic heterocycles. The molecule has 67 heavy (non-hydrogen) atoms. The summed E-state index contributed by atoms with van der Waals surface area (Å²) in [5.41, 5.74) is 10.9. The Morgan fingerprint density at radius 3 is 1.49 bits per heavy atom. The predicted molar refractivity (Wildman–Crippen MR) is 257 cm³/mol. The molecule has 2 amide bonds. The molecule has 4 aromatic carbocycles. The monoisotopic (exact) mass is 1010 g/mol. The first-order valence-electron chi connectivity index (χ1n) is 21.5. The van der Waals surface area contributed by atoms with Gasteiger partial charge in [0.1, 0.15) is 24.6 Å². The minimum atomic E-state index is -4.02. The number of phenols is 2. The minimum Gasteiger partial charge on any atom is -0.506 e. The fraction of sp³-hybridized carbons (Fsp3) is 0.409. The highest BCUT2D eigenvalue weighted by atomic mass is 32.2. The van der Waals surface area contributed by atoms with E-state index in [1.165, 1.54) is 24.3 Å². The van der Waals surface area contributed by atoms with Crippen molar-refractivity contribution in [3.63, 3.8) is 0 Å². The number of nitrogens with zero attached hydrogens (tertiary/aromatic N) is 2. The number of aromatic hydroxyl groups is 2. The van der Waals surface area contributed by atoms with Crippen molar-refractivity contribution in [3.8, 4) is 11.5 Å². The van der Waals surface area contributed by atoms with Crippen LogP contribution in [0.15, 0.2) is 77.7 Å². The van der Waals surface area contributed by atoms with Crippen molar-refractivity contribution >= 4 is 69.3 Å². The van der Waals surface area contributed by atoms with E-state index in [-0.39, 0.29) is 59.5 Å². The maximum Gasteiger partial charge on any atom is 0.326 e. The number of nitrogen functional groups attached to an aromatic ring is 1. The van der Waals surface area contributed by atoms with Gasteiger partial charge in [-0.05, 0) is 113 Å². The summed E-state index contributed by atoms with van der Waals surface area (Å²) < 4.78 is 110. The lowest BCUT2D eigenvalue weighted by molar-refractivity contribution is -0.118. The maximum absolute atomic E-state index is 13.5. The largest absolute Gasteiger partial charge is 0.506 e. The molecular formula is C44H59N7O12S4. The van der Waals surface area contributed by atoms with Crippen molar-refractivity contribution in [2.45, 2.75) is 95.6 Å². The van der Waals surface area contributed by atoms with Crippen molar-refractivity contribution in [2.75, 3.05) is 40.5 Å². The summed E-state index contributed by atoms with van der Waals surface area (Å²) in [6.45, 7) is 11.8. The van der Waals surface area contributed by atoms with Gasteiger partial charge in [0, 0.05) is 18.8 Å². The topological polar surface area (TPSA) is 292 Å². The van der Waals surface area contributed by atoms with Crippen LogP contribution in [0.25, 0.3) is 0 Å². The molecule has 2 fully saturated rings. The molecule has 2 saturated heterocycles. The van der Waals surface area contributed by atoms with Crippen LogP contribution in [0.3, 0.4) is 0 Å². The number of anilines is 3. The Hall–Kier alpha value is -5.46. The lowest BCUT2D eigenvalue weighted by Crippen LogP contribution is -2.29. The zero-order valence-corrected chi connectivity index (χ0v) is 41.4. The van der Waals surface area contributed by atoms with Gasteiger partial charge < -0.3 is 15.9 Å². The predicted octanol–water partition coefficient (Wildman–Crippen LogP) is 4.06. The Kier molecular flexibility index (Phi) is 16.6. The van der Waals surface area contributed by atoms with E-state index in [4.69, 9.17) is 5.73 Å². The fourth-order valence-corrected chi connectivity index (χ4v) is 12.7. The number of sulfonamides is 2. The first-order valence-corrected chi connectivity index (χ1v) is 27.5. The Labute approximate surface area is 393 Å². The molecule has 0 aromatic heterocycles. The van der Waals surface area contributed by atoms with E-state index >= 15 is 0 Å². The molecule has 2 aliphatic rings. The number of hydrogen-bond acceptors (Lipinski definition) is 13. The number of aryl methyl sites for hydroxylation is 2. The van der Waals surface area contributed by atoms with E-state index in [2.05, 4.69) is 23.3 Å². The normalized spacial score (nSPS) is 15.8. The van der Waals surface area contributed by atoms with E-state index in [0.29, 0.717) is 53.0 Å². The van der Waals surface area contributed by atoms with Gasteiger partial charge in [0.2, 0.25) is 20.0 Å². The third-order valence-electron chi connectivity index (χ3n) is 10.8. The maximum atomic E-state index is 13.5. The average Bonchev–Trinajstić information content (AvgIpc) is 3.66. The van der Waals surface area contributed by atoms with Crippen LogP contribution in [0.1, 0.15) is 106 Å². The molecule has 6 rings (SSSR count). The van der Waals surface area contributed by atoms with E-state index in [1.54, 1.807) is 36.4 Å². The first kappa shape index (κ1) is 52.5. The van der Waals surface area contributed by atoms with Gasteiger partial charge in [0.25, 0.3) is 11.8 Å². The van der Waals surface area contributed by atoms with Crippen LogP contribution in [0.4, 0.5) is 17.1 Å². The van der Waals surface area contributed by atoms with Gasteiger partial charge in [-0.2, -0.15) is 16.8 Å². The van der Waals surface area contributed by atoms with Crippen molar-refractivity contribution in [1.82, 2.24) is 18.9 Å². The summed E-state index contributed by atoms with van der Waals surface area (Å²) in [7, 11) is -15.3. The zero-order chi connectivity index (χ0) is 49.6. The average molecular weight is 1010 g/mol. The van der Waals surface area contributed by atoms with Crippen LogP contribution < -0.4 is 33.2 Å². The molecule has 0 bridgehead atoms. The Bertz CT molecular complexity index is 2920. The molecule has 8 N–H and O–H groups in total. The third-order valence-corrected chi connectivity index (χ3v) is 16.5. The zero-order valence-electron chi connectivity index (χ0n) is 38.1. The van der Waals surface area contributed by atoms with Gasteiger partial charge in [-0.25, -0.2) is 44.3 Å². The molecule has 366 valence electrons. The summed E-state index contributed by atoms with van der Waals surface area (Å²) >= 11 is 0. The van der Waals surface area contributed by atoms with Crippen LogP contribution in [0, 0.1) is 0 Å². The van der Waals surface area contributed by atoms with Crippen LogP contribution in [0.2, 0.25) is 0 Å². The van der Waals surface area contributed by atoms with Crippen LogP contribution >= 0.6 is 0 Å². The van der Waals surface area contributed by atoms with E-state index in [9.17, 15) is 53.5 Å². The van der Waals surface area contributed by atoms with Gasteiger partial charge in [-0.15, -0.1) is 0 Å². The van der Waals surface area contributed by atoms with Crippen LogP contribution in [-0.4, -0.2) is 81.9 Å². The summed E-state index contributed by atoms with van der Waals surface area (Å²) in [4.78, 5) is 23.2. The smallest absolute Gasteiger partial charge is 0.326 e. The SMILES string of the molecule is CC(C)c1cc(C(C)C)c(S(=O)(=O)NCCCc2ccc(N3CC(=O)NS3(=O)=O)c(O)c2)c(C(C)C)c1.Nc1cccc(CS(=O)(=O)NCCCc2ccc(N3CC(=O)NS3(=O)=O)c(O)c2)c1. The number of nitrogens with two attached hydrogens (primary N) is 1. The number of carbonyl (C=O) groups is 2. The number of hydrogen-bond donors (Lipinski definition) is 7. The first-order chi connectivity index (χ1) is 31.2. The Morgan fingerprint density at radius 1 is 0.642 bits per heavy atom. The second-order valence-electron chi connectivity index (χ2n) is 17.2. The summed E-state index contributed by atoms with van der Waals surface area (Å²) in [6, 6.07) is 19.6. The second-order valence-corrected chi connectivity index (χ2v) is 23.9. The lowest BCUT2D eigenvalue weighted by Gasteiger charge is -2.23. The molecule has 0 unspecified atom stereocenters. The van der Waals surface area contributed by atoms with Gasteiger partial charge >= 0.3 is 20.4 Å². The molecule has 0 atom stereocenters. The van der Waals surface area contributed by atoms with Crippen molar-refractivity contribution < 1.29 is 53.5 Å². The number of rotatable bonds is 18. The highest BCUT2D eigenvalue weighted by molar-refractivity contribution is 7.92. The van der Waals surface area contributed by atoms with Gasteiger partial charge in [0.15, 0.2) is 0 Å². The molecule has 4 aromatic rings. The van der Waals surface area contributed by atoms with Crippen molar-refractivity contribution in [3.05, 3.63) is 106 Å². The molecule has 0 aliphatic carbocycles. The molecule has 19 nitrogen and oxygen atoms in total. The molecule has 2 heterocycles. The molecular weight excluding hydrogens is 947 g/mol. The number of nitrogens with one attached hydrogen (secondary N) is 4. The van der Waals surface area contributed by atoms with Crippen molar-refractivity contribution in [2.24, 2.45) is 0 Å². The Balaban J connectivity index is 0.000000256. The van der Waals surface area contributed by atoms with Gasteiger partial charge in [0.05, 0.1) is 22.0 Å².